The lowest BCUT2D eigenvalue weighted by Crippen LogP contribution is -2.30. The van der Waals surface area contributed by atoms with Gasteiger partial charge < -0.3 is 14.2 Å². The highest BCUT2D eigenvalue weighted by Gasteiger charge is 2.19. The standard InChI is InChI=1S/C75H136O6/c1-4-7-10-13-16-19-22-25-28-31-34-35-36-37-38-39-42-44-47-50-53-56-59-62-65-68-74(77)80-71-72(81-75(78)69-66-63-60-57-54-51-48-45-41-33-30-27-24-21-18-15-12-9-6-3)70-79-73(76)67-64-61-58-55-52-49-46-43-40-32-29-26-23-20-17-14-11-8-5-2/h18,21-22,25,27,30-31,34,41,45,72H,4-17,19-20,23-24,26,28-29,32-33,35-40,42-44,46-71H2,1-3H3/b21-18-,25-22-,30-27-,34-31-,45-41-. The second-order valence-electron chi connectivity index (χ2n) is 24.1. The number of carbonyl (C=O) groups is 3. The van der Waals surface area contributed by atoms with Gasteiger partial charge in [-0.3, -0.25) is 14.4 Å². The minimum atomic E-state index is -0.782. The summed E-state index contributed by atoms with van der Waals surface area (Å²) in [4.78, 5) is 38.5. The molecule has 0 spiro atoms. The number of hydrogen-bond donors (Lipinski definition) is 0. The number of rotatable bonds is 66. The molecule has 0 radical (unpaired) electrons. The van der Waals surface area contributed by atoms with Crippen LogP contribution in [-0.2, 0) is 28.6 Å². The van der Waals surface area contributed by atoms with Crippen LogP contribution in [0.3, 0.4) is 0 Å². The highest BCUT2D eigenvalue weighted by molar-refractivity contribution is 5.71. The van der Waals surface area contributed by atoms with Crippen molar-refractivity contribution >= 4 is 17.9 Å². The third kappa shape index (κ3) is 67.8. The van der Waals surface area contributed by atoms with E-state index in [-0.39, 0.29) is 31.1 Å². The lowest BCUT2D eigenvalue weighted by Gasteiger charge is -2.18. The highest BCUT2D eigenvalue weighted by atomic mass is 16.6. The summed E-state index contributed by atoms with van der Waals surface area (Å²) in [6, 6.07) is 0. The molecule has 0 saturated heterocycles. The van der Waals surface area contributed by atoms with Crippen molar-refractivity contribution < 1.29 is 28.6 Å². The second kappa shape index (κ2) is 69.6. The van der Waals surface area contributed by atoms with Crippen molar-refractivity contribution in [3.63, 3.8) is 0 Å². The lowest BCUT2D eigenvalue weighted by molar-refractivity contribution is -0.167. The SMILES string of the molecule is CCCCC/C=C\C/C=C\C/C=C\CCCCCCCCC(=O)OC(COC(=O)CCCCCCCCCCCCCCC/C=C\C/C=C\CCCCCCC)COC(=O)CCCCCCCCCCCCCCCCCCCCC. The molecule has 0 aromatic heterocycles. The second-order valence-corrected chi connectivity index (χ2v) is 24.1. The minimum Gasteiger partial charge on any atom is -0.462 e. The molecule has 81 heavy (non-hydrogen) atoms. The fourth-order valence-corrected chi connectivity index (χ4v) is 10.6. The largest absolute Gasteiger partial charge is 0.462 e. The average Bonchev–Trinajstić information content (AvgIpc) is 3.47. The molecule has 0 aliphatic rings. The van der Waals surface area contributed by atoms with Crippen molar-refractivity contribution in [2.24, 2.45) is 0 Å². The van der Waals surface area contributed by atoms with Crippen LogP contribution in [0.25, 0.3) is 0 Å². The van der Waals surface area contributed by atoms with Crippen LogP contribution in [0.1, 0.15) is 380 Å². The van der Waals surface area contributed by atoms with Crippen molar-refractivity contribution in [1.29, 1.82) is 0 Å². The average molecular weight is 1130 g/mol. The maximum absolute atomic E-state index is 13.0. The first-order valence-electron chi connectivity index (χ1n) is 35.8. The van der Waals surface area contributed by atoms with Crippen LogP contribution in [0.5, 0.6) is 0 Å². The number of ether oxygens (including phenoxy) is 3. The van der Waals surface area contributed by atoms with Gasteiger partial charge in [-0.1, -0.05) is 332 Å². The van der Waals surface area contributed by atoms with Gasteiger partial charge in [-0.25, -0.2) is 0 Å². The van der Waals surface area contributed by atoms with Gasteiger partial charge in [0.25, 0.3) is 0 Å². The molecule has 0 amide bonds. The molecule has 0 bridgehead atoms. The number of unbranched alkanes of at least 4 members (excludes halogenated alkanes) is 45. The van der Waals surface area contributed by atoms with Gasteiger partial charge in [0.05, 0.1) is 0 Å². The molecule has 1 atom stereocenters. The van der Waals surface area contributed by atoms with Gasteiger partial charge in [-0.2, -0.15) is 0 Å². The van der Waals surface area contributed by atoms with Crippen molar-refractivity contribution in [3.05, 3.63) is 60.8 Å². The van der Waals surface area contributed by atoms with E-state index in [0.29, 0.717) is 19.3 Å². The zero-order chi connectivity index (χ0) is 58.5. The zero-order valence-corrected chi connectivity index (χ0v) is 54.3. The molecule has 0 aromatic carbocycles. The van der Waals surface area contributed by atoms with E-state index in [1.165, 1.54) is 257 Å². The quantitative estimate of drug-likeness (QED) is 0.0261. The number of carbonyl (C=O) groups excluding carboxylic acids is 3. The van der Waals surface area contributed by atoms with Gasteiger partial charge in [-0.05, 0) is 89.9 Å². The van der Waals surface area contributed by atoms with Crippen LogP contribution in [-0.4, -0.2) is 37.2 Å². The van der Waals surface area contributed by atoms with Gasteiger partial charge in [-0.15, -0.1) is 0 Å². The van der Waals surface area contributed by atoms with Gasteiger partial charge in [0, 0.05) is 19.3 Å². The Morgan fingerprint density at radius 1 is 0.247 bits per heavy atom. The summed E-state index contributed by atoms with van der Waals surface area (Å²) in [6.07, 6.45) is 89.5. The van der Waals surface area contributed by atoms with E-state index in [2.05, 4.69) is 81.5 Å². The molecule has 472 valence electrons. The monoisotopic (exact) mass is 1130 g/mol. The molecule has 6 heteroatoms. The van der Waals surface area contributed by atoms with Crippen LogP contribution < -0.4 is 0 Å². The summed E-state index contributed by atoms with van der Waals surface area (Å²) < 4.78 is 17.0. The molecular weight excluding hydrogens is 997 g/mol. The Balaban J connectivity index is 4.33. The molecule has 6 nitrogen and oxygen atoms in total. The Bertz CT molecular complexity index is 1440. The highest BCUT2D eigenvalue weighted by Crippen LogP contribution is 2.18. The molecule has 0 rings (SSSR count). The molecule has 0 aromatic rings. The van der Waals surface area contributed by atoms with Crippen LogP contribution in [0.4, 0.5) is 0 Å². The van der Waals surface area contributed by atoms with E-state index in [1.54, 1.807) is 0 Å². The van der Waals surface area contributed by atoms with Crippen molar-refractivity contribution in [2.45, 2.75) is 386 Å². The number of hydrogen-bond acceptors (Lipinski definition) is 6. The van der Waals surface area contributed by atoms with Crippen molar-refractivity contribution in [2.75, 3.05) is 13.2 Å². The summed E-state index contributed by atoms with van der Waals surface area (Å²) in [5.74, 6) is -0.863. The molecule has 0 aliphatic heterocycles. The Morgan fingerprint density at radius 2 is 0.444 bits per heavy atom. The van der Waals surface area contributed by atoms with E-state index in [1.807, 2.05) is 0 Å². The maximum atomic E-state index is 13.0. The molecule has 0 N–H and O–H groups in total. The first-order chi connectivity index (χ1) is 40.0. The fraction of sp³-hybridized carbons (Fsp3) is 0.827. The molecule has 0 saturated carbocycles. The van der Waals surface area contributed by atoms with Crippen LogP contribution in [0, 0.1) is 0 Å². The summed E-state index contributed by atoms with van der Waals surface area (Å²) in [5, 5.41) is 0. The van der Waals surface area contributed by atoms with E-state index in [9.17, 15) is 14.4 Å². The lowest BCUT2D eigenvalue weighted by atomic mass is 10.0. The zero-order valence-electron chi connectivity index (χ0n) is 54.3. The Kier molecular flexibility index (Phi) is 67.1. The third-order valence-electron chi connectivity index (χ3n) is 16.0. The van der Waals surface area contributed by atoms with Gasteiger partial charge in [0.1, 0.15) is 13.2 Å². The van der Waals surface area contributed by atoms with E-state index < -0.39 is 6.10 Å². The summed E-state index contributed by atoms with van der Waals surface area (Å²) in [6.45, 7) is 6.66. The first kappa shape index (κ1) is 78.1. The van der Waals surface area contributed by atoms with Gasteiger partial charge >= 0.3 is 17.9 Å². The summed E-state index contributed by atoms with van der Waals surface area (Å²) in [5.41, 5.74) is 0. The number of allylic oxidation sites excluding steroid dienone is 10. The normalized spacial score (nSPS) is 12.4. The van der Waals surface area contributed by atoms with E-state index in [0.717, 1.165) is 83.5 Å². The first-order valence-corrected chi connectivity index (χ1v) is 35.8. The Labute approximate surface area is 504 Å². The predicted molar refractivity (Wildman–Crippen MR) is 353 cm³/mol. The van der Waals surface area contributed by atoms with Gasteiger partial charge in [0.2, 0.25) is 0 Å². The van der Waals surface area contributed by atoms with Gasteiger partial charge in [0.15, 0.2) is 6.10 Å². The molecule has 0 fully saturated rings. The van der Waals surface area contributed by atoms with Crippen LogP contribution >= 0.6 is 0 Å². The summed E-state index contributed by atoms with van der Waals surface area (Å²) in [7, 11) is 0. The van der Waals surface area contributed by atoms with Crippen LogP contribution in [0.2, 0.25) is 0 Å². The Hall–Kier alpha value is -2.89. The van der Waals surface area contributed by atoms with E-state index >= 15 is 0 Å². The Morgan fingerprint density at radius 3 is 0.716 bits per heavy atom. The fourth-order valence-electron chi connectivity index (χ4n) is 10.6. The molecule has 1 unspecified atom stereocenters. The molecule has 0 aliphatic carbocycles. The van der Waals surface area contributed by atoms with E-state index in [4.69, 9.17) is 14.2 Å². The molecular formula is C75H136O6. The smallest absolute Gasteiger partial charge is 0.306 e. The minimum absolute atomic E-state index is 0.0755. The van der Waals surface area contributed by atoms with Crippen molar-refractivity contribution in [3.8, 4) is 0 Å². The van der Waals surface area contributed by atoms with Crippen molar-refractivity contribution in [1.82, 2.24) is 0 Å². The third-order valence-corrected chi connectivity index (χ3v) is 16.0. The summed E-state index contributed by atoms with van der Waals surface area (Å²) >= 11 is 0. The van der Waals surface area contributed by atoms with Crippen LogP contribution in [0.15, 0.2) is 60.8 Å². The topological polar surface area (TPSA) is 78.9 Å². The maximum Gasteiger partial charge on any atom is 0.306 e. The number of esters is 3. The molecule has 0 heterocycles. The predicted octanol–water partition coefficient (Wildman–Crippen LogP) is 24.7.